The number of nitrogens with zero attached hydrogens (tertiary/aromatic N) is 4. The van der Waals surface area contributed by atoms with Crippen LogP contribution in [-0.2, 0) is 12.6 Å². The maximum atomic E-state index is 14.2. The fraction of sp³-hybridized carbons (Fsp3) is 0.200. The Morgan fingerprint density at radius 2 is 1.81 bits per heavy atom. The van der Waals surface area contributed by atoms with Crippen molar-refractivity contribution in [2.45, 2.75) is 31.5 Å². The van der Waals surface area contributed by atoms with E-state index in [9.17, 15) is 26.3 Å². The quantitative estimate of drug-likeness (QED) is 0.391. The van der Waals surface area contributed by atoms with Crippen molar-refractivity contribution in [3.05, 3.63) is 88.6 Å². The van der Waals surface area contributed by atoms with E-state index < -0.39 is 29.2 Å². The van der Waals surface area contributed by atoms with Gasteiger partial charge >= 0.3 is 6.18 Å². The Bertz CT molecular complexity index is 1450. The molecule has 1 unspecified atom stereocenters. The van der Waals surface area contributed by atoms with Crippen LogP contribution in [0.4, 0.5) is 26.3 Å². The smallest absolute Gasteiger partial charge is 0.361 e. The van der Waals surface area contributed by atoms with E-state index in [1.54, 1.807) is 6.08 Å². The van der Waals surface area contributed by atoms with E-state index in [0.29, 0.717) is 36.1 Å². The number of amidine groups is 1. The maximum absolute atomic E-state index is 14.2. The molecule has 1 atom stereocenters. The summed E-state index contributed by atoms with van der Waals surface area (Å²) < 4.78 is 86.5. The number of fused-ring (bicyclic) bond motifs is 1. The molecule has 11 heteroatoms. The molecule has 0 bridgehead atoms. The number of rotatable bonds is 4. The van der Waals surface area contributed by atoms with Crippen molar-refractivity contribution in [2.24, 2.45) is 15.0 Å². The molecule has 0 saturated carbocycles. The van der Waals surface area contributed by atoms with Gasteiger partial charge in [-0.1, -0.05) is 17.3 Å². The van der Waals surface area contributed by atoms with Crippen LogP contribution in [0.2, 0.25) is 0 Å². The molecule has 0 spiro atoms. The minimum atomic E-state index is -4.76. The lowest BCUT2D eigenvalue weighted by Gasteiger charge is -2.11. The van der Waals surface area contributed by atoms with E-state index in [2.05, 4.69) is 20.1 Å². The second-order valence-electron chi connectivity index (χ2n) is 8.20. The van der Waals surface area contributed by atoms with Crippen LogP contribution in [0.3, 0.4) is 0 Å². The monoisotopic (exact) mass is 502 g/mol. The lowest BCUT2D eigenvalue weighted by Crippen LogP contribution is -2.13. The summed E-state index contributed by atoms with van der Waals surface area (Å²) in [5.41, 5.74) is -0.680. The van der Waals surface area contributed by atoms with Gasteiger partial charge in [0.05, 0.1) is 22.9 Å². The number of aromatic nitrogens is 1. The molecular formula is C25H16F6N4O. The van der Waals surface area contributed by atoms with Crippen molar-refractivity contribution in [1.29, 1.82) is 0 Å². The third kappa shape index (κ3) is 4.73. The number of benzene rings is 2. The summed E-state index contributed by atoms with van der Waals surface area (Å²) in [6.45, 7) is 0. The summed E-state index contributed by atoms with van der Waals surface area (Å²) in [6, 6.07) is 7.17. The van der Waals surface area contributed by atoms with E-state index in [4.69, 9.17) is 4.52 Å². The highest BCUT2D eigenvalue weighted by Gasteiger charge is 2.35. The Morgan fingerprint density at radius 1 is 0.972 bits per heavy atom. The Labute approximate surface area is 200 Å². The first kappa shape index (κ1) is 23.7. The number of halogens is 6. The fourth-order valence-electron chi connectivity index (χ4n) is 3.97. The van der Waals surface area contributed by atoms with E-state index in [1.165, 1.54) is 24.4 Å². The highest BCUT2D eigenvalue weighted by molar-refractivity contribution is 6.43. The third-order valence-electron chi connectivity index (χ3n) is 5.71. The first-order valence-electron chi connectivity index (χ1n) is 10.9. The number of alkyl halides is 3. The average Bonchev–Trinajstić information content (AvgIpc) is 3.44. The Hall–Kier alpha value is -4.02. The molecule has 2 aliphatic rings. The van der Waals surface area contributed by atoms with Crippen LogP contribution >= 0.6 is 0 Å². The van der Waals surface area contributed by atoms with E-state index in [1.807, 2.05) is 0 Å². The van der Waals surface area contributed by atoms with Crippen LogP contribution in [0.1, 0.15) is 29.7 Å². The second kappa shape index (κ2) is 9.21. The molecule has 5 rings (SSSR count). The topological polar surface area (TPSA) is 63.1 Å². The Balaban J connectivity index is 1.34. The molecule has 0 N–H and O–H groups in total. The molecule has 0 radical (unpaired) electrons. The Kier molecular flexibility index (Phi) is 6.07. The number of allylic oxidation sites excluding steroid dienone is 2. The standard InChI is InChI=1S/C25H16F6N4O/c26-13-7-8-16(18(9-13)25(29,30)31)21-11-15(36-35-21)10-14-3-1-6-20-22(12-32-14)34-24(33-20)17-4-2-5-19(27)23(17)28/h2,4-9,11-12,14H,1,3,10H2/b20-6+,32-12?. The second-order valence-corrected chi connectivity index (χ2v) is 8.20. The Morgan fingerprint density at radius 3 is 2.61 bits per heavy atom. The molecule has 3 heterocycles. The number of aliphatic imine (C=N–C) groups is 3. The van der Waals surface area contributed by atoms with E-state index in [-0.39, 0.29) is 35.1 Å². The molecule has 0 amide bonds. The zero-order valence-corrected chi connectivity index (χ0v) is 18.4. The van der Waals surface area contributed by atoms with E-state index >= 15 is 0 Å². The summed E-state index contributed by atoms with van der Waals surface area (Å²) in [7, 11) is 0. The maximum Gasteiger partial charge on any atom is 0.417 e. The first-order valence-corrected chi connectivity index (χ1v) is 10.9. The third-order valence-corrected chi connectivity index (χ3v) is 5.71. The van der Waals surface area contributed by atoms with Gasteiger partial charge in [-0.2, -0.15) is 13.2 Å². The van der Waals surface area contributed by atoms with Crippen LogP contribution in [-0.4, -0.2) is 29.0 Å². The number of hydrogen-bond donors (Lipinski definition) is 0. The van der Waals surface area contributed by atoms with Crippen molar-refractivity contribution in [3.63, 3.8) is 0 Å². The van der Waals surface area contributed by atoms with Gasteiger partial charge in [-0.15, -0.1) is 0 Å². The van der Waals surface area contributed by atoms with Crippen molar-refractivity contribution in [1.82, 2.24) is 5.16 Å². The van der Waals surface area contributed by atoms with Crippen LogP contribution < -0.4 is 0 Å². The van der Waals surface area contributed by atoms with Gasteiger partial charge in [-0.25, -0.2) is 23.2 Å². The minimum absolute atomic E-state index is 0.0396. The average molecular weight is 502 g/mol. The summed E-state index contributed by atoms with van der Waals surface area (Å²) in [6.07, 6.45) is -0.136. The molecule has 0 aliphatic carbocycles. The first-order chi connectivity index (χ1) is 17.2. The normalized spacial score (nSPS) is 19.2. The van der Waals surface area contributed by atoms with Gasteiger partial charge in [-0.05, 0) is 43.2 Å². The van der Waals surface area contributed by atoms with Crippen molar-refractivity contribution < 1.29 is 30.9 Å². The predicted octanol–water partition coefficient (Wildman–Crippen LogP) is 6.34. The van der Waals surface area contributed by atoms with Gasteiger partial charge in [0.2, 0.25) is 0 Å². The zero-order valence-electron chi connectivity index (χ0n) is 18.4. The zero-order chi connectivity index (χ0) is 25.4. The van der Waals surface area contributed by atoms with Crippen LogP contribution in [0.15, 0.2) is 73.7 Å². The molecular weight excluding hydrogens is 486 g/mol. The number of hydrogen-bond acceptors (Lipinski definition) is 5. The largest absolute Gasteiger partial charge is 0.417 e. The summed E-state index contributed by atoms with van der Waals surface area (Å²) in [4.78, 5) is 13.1. The molecule has 2 aliphatic heterocycles. The summed E-state index contributed by atoms with van der Waals surface area (Å²) in [5.74, 6) is -2.70. The lowest BCUT2D eigenvalue weighted by molar-refractivity contribution is -0.137. The summed E-state index contributed by atoms with van der Waals surface area (Å²) >= 11 is 0. The predicted molar refractivity (Wildman–Crippen MR) is 121 cm³/mol. The highest BCUT2D eigenvalue weighted by Crippen LogP contribution is 2.37. The molecule has 36 heavy (non-hydrogen) atoms. The van der Waals surface area contributed by atoms with Gasteiger partial charge in [-0.3, -0.25) is 4.99 Å². The molecule has 5 nitrogen and oxygen atoms in total. The highest BCUT2D eigenvalue weighted by atomic mass is 19.4. The van der Waals surface area contributed by atoms with Crippen LogP contribution in [0.25, 0.3) is 11.3 Å². The van der Waals surface area contributed by atoms with Gasteiger partial charge in [0.25, 0.3) is 0 Å². The SMILES string of the molecule is Fc1ccc(-c2cc(CC3CC/C=C4/N=C(c5cccc(F)c5F)N=C4C=N3)on2)c(C(F)(F)F)c1. The van der Waals surface area contributed by atoms with Crippen molar-refractivity contribution in [2.75, 3.05) is 0 Å². The van der Waals surface area contributed by atoms with Crippen LogP contribution in [0, 0.1) is 17.5 Å². The molecule has 0 saturated heterocycles. The minimum Gasteiger partial charge on any atom is -0.361 e. The van der Waals surface area contributed by atoms with Gasteiger partial charge in [0, 0.05) is 24.3 Å². The fourth-order valence-corrected chi connectivity index (χ4v) is 3.97. The molecule has 1 aromatic heterocycles. The molecule has 3 aromatic rings. The van der Waals surface area contributed by atoms with Gasteiger partial charge < -0.3 is 4.52 Å². The van der Waals surface area contributed by atoms with Crippen molar-refractivity contribution >= 4 is 17.8 Å². The molecule has 2 aromatic carbocycles. The molecule has 184 valence electrons. The molecule has 0 fully saturated rings. The lowest BCUT2D eigenvalue weighted by atomic mass is 10.0. The summed E-state index contributed by atoms with van der Waals surface area (Å²) in [5, 5.41) is 3.74. The van der Waals surface area contributed by atoms with Crippen molar-refractivity contribution in [3.8, 4) is 11.3 Å². The van der Waals surface area contributed by atoms with Gasteiger partial charge in [0.1, 0.15) is 23.0 Å². The van der Waals surface area contributed by atoms with Crippen LogP contribution in [0.5, 0.6) is 0 Å². The van der Waals surface area contributed by atoms with Gasteiger partial charge in [0.15, 0.2) is 17.5 Å². The van der Waals surface area contributed by atoms with E-state index in [0.717, 1.165) is 18.2 Å².